The molecular weight excluding hydrogens is 462 g/mol. The molecule has 2 aliphatic heterocycles. The molecule has 0 unspecified atom stereocenters. The third-order valence-electron chi connectivity index (χ3n) is 6.57. The Kier molecular flexibility index (Phi) is 6.38. The van der Waals surface area contributed by atoms with Gasteiger partial charge in [-0.2, -0.15) is 8.42 Å². The van der Waals surface area contributed by atoms with Gasteiger partial charge in [0.25, 0.3) is 10.2 Å². The highest BCUT2D eigenvalue weighted by Gasteiger charge is 2.59. The maximum atomic E-state index is 12.5. The van der Waals surface area contributed by atoms with E-state index in [1.165, 1.54) is 11.8 Å². The standard InChI is InChI=1S/C23H27N3O7S/c1-12-17(21(23(29)30)26-20(12)19(13(2)27)22(26)28)11-33-18-8-4-6-15-14(5-3-7-16(15)18)9-10-25-34(24,31)32/h3-8,12-13,19-20,25,27H,9-11H2,1-2H3,(H,29,30)(H2,24,31,32)/t12-,13+,19+,20+/m0/s1. The van der Waals surface area contributed by atoms with Gasteiger partial charge in [-0.25, -0.2) is 14.7 Å². The number of hydrogen-bond acceptors (Lipinski definition) is 6. The first-order chi connectivity index (χ1) is 16.0. The number of rotatable bonds is 9. The van der Waals surface area contributed by atoms with Crippen LogP contribution in [0.1, 0.15) is 19.4 Å². The normalized spacial score (nSPS) is 23.1. The fourth-order valence-electron chi connectivity index (χ4n) is 5.01. The highest BCUT2D eigenvalue weighted by atomic mass is 32.2. The Bertz CT molecular complexity index is 1290. The Balaban J connectivity index is 1.58. The maximum absolute atomic E-state index is 12.5. The molecule has 34 heavy (non-hydrogen) atoms. The molecule has 4 rings (SSSR count). The SMILES string of the molecule is C[C@@H](O)[C@H]1C(=O)N2C(C(=O)O)=C(COc3cccc4c(CCNS(N)(=O)=O)cccc34)[C@H](C)[C@H]12. The van der Waals surface area contributed by atoms with Crippen LogP contribution in [-0.4, -0.2) is 60.7 Å². The van der Waals surface area contributed by atoms with Gasteiger partial charge in [0.2, 0.25) is 5.91 Å². The second kappa shape index (κ2) is 8.99. The minimum absolute atomic E-state index is 0.0219. The molecule has 2 aromatic rings. The van der Waals surface area contributed by atoms with E-state index in [1.807, 2.05) is 31.2 Å². The summed E-state index contributed by atoms with van der Waals surface area (Å²) in [6.45, 7) is 3.50. The maximum Gasteiger partial charge on any atom is 0.352 e. The van der Waals surface area contributed by atoms with Gasteiger partial charge in [-0.3, -0.25) is 4.79 Å². The smallest absolute Gasteiger partial charge is 0.352 e. The van der Waals surface area contributed by atoms with Gasteiger partial charge < -0.3 is 19.8 Å². The van der Waals surface area contributed by atoms with Gasteiger partial charge in [-0.1, -0.05) is 37.3 Å². The predicted octanol–water partition coefficient (Wildman–Crippen LogP) is 0.750. The Morgan fingerprint density at radius 2 is 1.91 bits per heavy atom. The molecule has 5 N–H and O–H groups in total. The molecule has 0 radical (unpaired) electrons. The van der Waals surface area contributed by atoms with E-state index in [0.717, 1.165) is 16.3 Å². The number of fused-ring (bicyclic) bond motifs is 2. The van der Waals surface area contributed by atoms with E-state index in [9.17, 15) is 28.2 Å². The van der Waals surface area contributed by atoms with Crippen molar-refractivity contribution in [2.45, 2.75) is 32.4 Å². The minimum atomic E-state index is -3.78. The molecule has 0 bridgehead atoms. The van der Waals surface area contributed by atoms with Crippen LogP contribution in [0, 0.1) is 11.8 Å². The number of carbonyl (C=O) groups excluding carboxylic acids is 1. The summed E-state index contributed by atoms with van der Waals surface area (Å²) in [7, 11) is -3.78. The molecule has 0 aromatic heterocycles. The predicted molar refractivity (Wildman–Crippen MR) is 124 cm³/mol. The number of ether oxygens (including phenoxy) is 1. The van der Waals surface area contributed by atoms with Gasteiger partial charge in [0.1, 0.15) is 18.1 Å². The van der Waals surface area contributed by atoms with E-state index in [0.29, 0.717) is 17.7 Å². The molecule has 2 heterocycles. The summed E-state index contributed by atoms with van der Waals surface area (Å²) in [6, 6.07) is 10.7. The largest absolute Gasteiger partial charge is 0.488 e. The Morgan fingerprint density at radius 1 is 1.24 bits per heavy atom. The summed E-state index contributed by atoms with van der Waals surface area (Å²) >= 11 is 0. The van der Waals surface area contributed by atoms with E-state index in [4.69, 9.17) is 9.88 Å². The van der Waals surface area contributed by atoms with E-state index in [1.54, 1.807) is 12.1 Å². The number of carbonyl (C=O) groups is 2. The average molecular weight is 490 g/mol. The first-order valence-corrected chi connectivity index (χ1v) is 12.4. The molecule has 10 nitrogen and oxygen atoms in total. The summed E-state index contributed by atoms with van der Waals surface area (Å²) in [4.78, 5) is 25.8. The lowest BCUT2D eigenvalue weighted by Gasteiger charge is -2.46. The second-order valence-corrected chi connectivity index (χ2v) is 10.1. The number of nitrogens with two attached hydrogens (primary N) is 1. The van der Waals surface area contributed by atoms with Crippen molar-refractivity contribution in [1.82, 2.24) is 9.62 Å². The van der Waals surface area contributed by atoms with Crippen LogP contribution in [-0.2, 0) is 26.2 Å². The van der Waals surface area contributed by atoms with Crippen molar-refractivity contribution in [2.24, 2.45) is 17.0 Å². The lowest BCUT2D eigenvalue weighted by molar-refractivity contribution is -0.163. The zero-order chi connectivity index (χ0) is 24.8. The van der Waals surface area contributed by atoms with E-state index in [2.05, 4.69) is 4.72 Å². The van der Waals surface area contributed by atoms with Crippen molar-refractivity contribution in [2.75, 3.05) is 13.2 Å². The Morgan fingerprint density at radius 3 is 2.56 bits per heavy atom. The lowest BCUT2D eigenvalue weighted by atomic mass is 9.78. The number of carboxylic acids is 1. The monoisotopic (exact) mass is 489 g/mol. The fraction of sp³-hybridized carbons (Fsp3) is 0.391. The summed E-state index contributed by atoms with van der Waals surface area (Å²) in [5.41, 5.74) is 1.32. The Hall–Kier alpha value is -2.99. The van der Waals surface area contributed by atoms with Crippen LogP contribution < -0.4 is 14.6 Å². The number of aliphatic hydroxyl groups excluding tert-OH is 1. The van der Waals surface area contributed by atoms with Crippen molar-refractivity contribution >= 4 is 32.9 Å². The van der Waals surface area contributed by atoms with Crippen molar-refractivity contribution in [3.63, 3.8) is 0 Å². The molecule has 1 fully saturated rings. The van der Waals surface area contributed by atoms with E-state index >= 15 is 0 Å². The number of carboxylic acid groups (broad SMARTS) is 1. The molecule has 1 amide bonds. The molecule has 0 spiro atoms. The molecule has 182 valence electrons. The summed E-state index contributed by atoms with van der Waals surface area (Å²) in [6.07, 6.45) is -0.450. The number of benzene rings is 2. The third kappa shape index (κ3) is 4.27. The van der Waals surface area contributed by atoms with Crippen LogP contribution in [0.4, 0.5) is 0 Å². The number of hydrogen-bond donors (Lipinski definition) is 4. The molecule has 4 atom stereocenters. The number of β-lactam (4-membered cyclic amide) rings is 1. The third-order valence-corrected chi connectivity index (χ3v) is 7.18. The summed E-state index contributed by atoms with van der Waals surface area (Å²) < 4.78 is 30.6. The fourth-order valence-corrected chi connectivity index (χ4v) is 5.39. The van der Waals surface area contributed by atoms with Crippen LogP contribution >= 0.6 is 0 Å². The molecule has 2 aromatic carbocycles. The van der Waals surface area contributed by atoms with Gasteiger partial charge >= 0.3 is 5.97 Å². The number of nitrogens with one attached hydrogen (secondary N) is 1. The van der Waals surface area contributed by atoms with Gasteiger partial charge in [-0.05, 0) is 30.4 Å². The number of nitrogens with zero attached hydrogens (tertiary/aromatic N) is 1. The minimum Gasteiger partial charge on any atom is -0.488 e. The van der Waals surface area contributed by atoms with Crippen LogP contribution in [0.15, 0.2) is 47.7 Å². The first kappa shape index (κ1) is 24.1. The number of amides is 1. The quantitative estimate of drug-likeness (QED) is 0.378. The molecule has 0 saturated carbocycles. The molecular formula is C23H27N3O7S. The van der Waals surface area contributed by atoms with E-state index in [-0.39, 0.29) is 30.7 Å². The van der Waals surface area contributed by atoms with Crippen molar-refractivity contribution < 1.29 is 33.0 Å². The number of aliphatic carboxylic acids is 1. The van der Waals surface area contributed by atoms with Crippen LogP contribution in [0.25, 0.3) is 10.8 Å². The average Bonchev–Trinajstić information content (AvgIpc) is 2.99. The van der Waals surface area contributed by atoms with Gasteiger partial charge in [0.05, 0.1) is 18.1 Å². The molecule has 2 aliphatic rings. The highest BCUT2D eigenvalue weighted by Crippen LogP contribution is 2.47. The highest BCUT2D eigenvalue weighted by molar-refractivity contribution is 7.87. The number of aliphatic hydroxyl groups is 1. The van der Waals surface area contributed by atoms with Crippen LogP contribution in [0.2, 0.25) is 0 Å². The van der Waals surface area contributed by atoms with Crippen molar-refractivity contribution in [3.8, 4) is 5.75 Å². The first-order valence-electron chi connectivity index (χ1n) is 10.9. The summed E-state index contributed by atoms with van der Waals surface area (Å²) in [5.74, 6) is -1.96. The van der Waals surface area contributed by atoms with Crippen LogP contribution in [0.5, 0.6) is 5.75 Å². The second-order valence-electron chi connectivity index (χ2n) is 8.68. The zero-order valence-corrected chi connectivity index (χ0v) is 19.6. The molecule has 1 saturated heterocycles. The van der Waals surface area contributed by atoms with Crippen molar-refractivity contribution in [3.05, 3.63) is 53.2 Å². The topological polar surface area (TPSA) is 159 Å². The summed E-state index contributed by atoms with van der Waals surface area (Å²) in [5, 5.41) is 26.4. The Labute approximate surface area is 197 Å². The van der Waals surface area contributed by atoms with Gasteiger partial charge in [-0.15, -0.1) is 0 Å². The van der Waals surface area contributed by atoms with Crippen LogP contribution in [0.3, 0.4) is 0 Å². The lowest BCUT2D eigenvalue weighted by Crippen LogP contribution is -2.63. The van der Waals surface area contributed by atoms with Crippen molar-refractivity contribution in [1.29, 1.82) is 0 Å². The van der Waals surface area contributed by atoms with Gasteiger partial charge in [0.15, 0.2) is 0 Å². The van der Waals surface area contributed by atoms with Gasteiger partial charge in [0, 0.05) is 23.4 Å². The molecule has 11 heteroatoms. The van der Waals surface area contributed by atoms with E-state index < -0.39 is 34.2 Å². The molecule has 0 aliphatic carbocycles. The zero-order valence-electron chi connectivity index (χ0n) is 18.8.